The van der Waals surface area contributed by atoms with E-state index in [2.05, 4.69) is 19.9 Å². The van der Waals surface area contributed by atoms with Crippen LogP contribution in [-0.2, 0) is 16.0 Å². The Morgan fingerprint density at radius 3 is 3.04 bits per heavy atom. The van der Waals surface area contributed by atoms with Gasteiger partial charge in [-0.2, -0.15) is 0 Å². The molecule has 0 spiro atoms. The van der Waals surface area contributed by atoms with Gasteiger partial charge in [0, 0.05) is 18.5 Å². The number of morpholine rings is 1. The molecule has 5 nitrogen and oxygen atoms in total. The number of hydrogen-bond donors (Lipinski definition) is 0. The maximum atomic E-state index is 12.8. The SMILES string of the molecule is CC1(C)Cc2cccc(OCC(=O)N3CCOC4CCCCC43)c2O1. The fraction of sp³-hybridized carbons (Fsp3) is 0.650. The molecule has 5 heteroatoms. The molecular formula is C20H27NO4. The number of rotatable bonds is 3. The average molecular weight is 345 g/mol. The van der Waals surface area contributed by atoms with Gasteiger partial charge in [-0.3, -0.25) is 4.79 Å². The van der Waals surface area contributed by atoms with Gasteiger partial charge in [0.2, 0.25) is 0 Å². The van der Waals surface area contributed by atoms with Crippen LogP contribution in [-0.4, -0.2) is 48.3 Å². The lowest BCUT2D eigenvalue weighted by Gasteiger charge is -2.43. The van der Waals surface area contributed by atoms with Crippen molar-refractivity contribution in [2.45, 2.75) is 63.7 Å². The van der Waals surface area contributed by atoms with Gasteiger partial charge >= 0.3 is 0 Å². The van der Waals surface area contributed by atoms with Gasteiger partial charge < -0.3 is 19.1 Å². The minimum atomic E-state index is -0.217. The lowest BCUT2D eigenvalue weighted by molar-refractivity contribution is -0.151. The van der Waals surface area contributed by atoms with Crippen LogP contribution in [0.5, 0.6) is 11.5 Å². The van der Waals surface area contributed by atoms with Crippen LogP contribution in [0.1, 0.15) is 45.1 Å². The zero-order valence-electron chi connectivity index (χ0n) is 15.1. The zero-order valence-corrected chi connectivity index (χ0v) is 15.1. The lowest BCUT2D eigenvalue weighted by atomic mass is 9.90. The summed E-state index contributed by atoms with van der Waals surface area (Å²) in [4.78, 5) is 14.7. The van der Waals surface area contributed by atoms with Crippen molar-refractivity contribution >= 4 is 5.91 Å². The minimum Gasteiger partial charge on any atom is -0.483 e. The van der Waals surface area contributed by atoms with Crippen LogP contribution in [0, 0.1) is 0 Å². The van der Waals surface area contributed by atoms with E-state index in [0.29, 0.717) is 18.9 Å². The van der Waals surface area contributed by atoms with E-state index >= 15 is 0 Å². The molecule has 2 fully saturated rings. The van der Waals surface area contributed by atoms with Crippen LogP contribution < -0.4 is 9.47 Å². The summed E-state index contributed by atoms with van der Waals surface area (Å²) >= 11 is 0. The number of ether oxygens (including phenoxy) is 3. The molecule has 4 rings (SSSR count). The Labute approximate surface area is 149 Å². The van der Waals surface area contributed by atoms with Gasteiger partial charge in [0.15, 0.2) is 18.1 Å². The maximum Gasteiger partial charge on any atom is 0.260 e. The Morgan fingerprint density at radius 2 is 2.16 bits per heavy atom. The number of fused-ring (bicyclic) bond motifs is 2. The molecule has 1 aromatic carbocycles. The first-order chi connectivity index (χ1) is 12.0. The van der Waals surface area contributed by atoms with E-state index in [1.807, 2.05) is 17.0 Å². The molecule has 1 aliphatic carbocycles. The molecule has 2 unspecified atom stereocenters. The average Bonchev–Trinajstić information content (AvgIpc) is 2.93. The first-order valence-corrected chi connectivity index (χ1v) is 9.38. The van der Waals surface area contributed by atoms with Crippen molar-refractivity contribution in [3.8, 4) is 11.5 Å². The van der Waals surface area contributed by atoms with Gasteiger partial charge in [0.1, 0.15) is 5.60 Å². The Kier molecular flexibility index (Phi) is 4.36. The molecule has 0 aromatic heterocycles. The number of carbonyl (C=O) groups is 1. The van der Waals surface area contributed by atoms with Gasteiger partial charge in [-0.1, -0.05) is 25.0 Å². The number of amides is 1. The molecule has 2 aliphatic heterocycles. The molecule has 0 N–H and O–H groups in total. The molecule has 1 amide bonds. The van der Waals surface area contributed by atoms with Crippen LogP contribution in [0.25, 0.3) is 0 Å². The Bertz CT molecular complexity index is 655. The second kappa shape index (κ2) is 6.52. The van der Waals surface area contributed by atoms with Gasteiger partial charge in [0.25, 0.3) is 5.91 Å². The van der Waals surface area contributed by atoms with Crippen molar-refractivity contribution in [2.24, 2.45) is 0 Å². The number of nitrogens with zero attached hydrogens (tertiary/aromatic N) is 1. The van der Waals surface area contributed by atoms with Crippen LogP contribution in [0.15, 0.2) is 18.2 Å². The van der Waals surface area contributed by atoms with Crippen molar-refractivity contribution < 1.29 is 19.0 Å². The highest BCUT2D eigenvalue weighted by Gasteiger charge is 2.37. The Morgan fingerprint density at radius 1 is 1.32 bits per heavy atom. The van der Waals surface area contributed by atoms with E-state index in [1.54, 1.807) is 0 Å². The predicted molar refractivity (Wildman–Crippen MR) is 94.1 cm³/mol. The zero-order chi connectivity index (χ0) is 17.4. The standard InChI is InChI=1S/C20H27NO4/c1-20(2)12-14-6-5-9-17(19(14)25-20)24-13-18(22)21-10-11-23-16-8-4-3-7-15(16)21/h5-6,9,15-16H,3-4,7-8,10-13H2,1-2H3. The van der Waals surface area contributed by atoms with E-state index in [0.717, 1.165) is 30.6 Å². The predicted octanol–water partition coefficient (Wildman–Crippen LogP) is 2.95. The molecule has 1 aromatic rings. The first-order valence-electron chi connectivity index (χ1n) is 9.38. The smallest absolute Gasteiger partial charge is 0.260 e. The number of benzene rings is 1. The van der Waals surface area contributed by atoms with E-state index in [-0.39, 0.29) is 30.3 Å². The van der Waals surface area contributed by atoms with E-state index in [4.69, 9.17) is 14.2 Å². The van der Waals surface area contributed by atoms with Crippen molar-refractivity contribution in [1.29, 1.82) is 0 Å². The van der Waals surface area contributed by atoms with Crippen LogP contribution in [0.2, 0.25) is 0 Å². The third-order valence-corrected chi connectivity index (χ3v) is 5.46. The molecule has 0 radical (unpaired) electrons. The van der Waals surface area contributed by atoms with Crippen molar-refractivity contribution in [2.75, 3.05) is 19.8 Å². The molecule has 0 bridgehead atoms. The number of hydrogen-bond acceptors (Lipinski definition) is 4. The highest BCUT2D eigenvalue weighted by Crippen LogP contribution is 2.41. The quantitative estimate of drug-likeness (QED) is 0.845. The van der Waals surface area contributed by atoms with Gasteiger partial charge in [-0.15, -0.1) is 0 Å². The third-order valence-electron chi connectivity index (χ3n) is 5.46. The summed E-state index contributed by atoms with van der Waals surface area (Å²) in [5, 5.41) is 0. The van der Waals surface area contributed by atoms with Gasteiger partial charge in [-0.05, 0) is 32.8 Å². The monoisotopic (exact) mass is 345 g/mol. The van der Waals surface area contributed by atoms with Crippen LogP contribution in [0.3, 0.4) is 0 Å². The Balaban J connectivity index is 1.42. The summed E-state index contributed by atoms with van der Waals surface area (Å²) in [5.74, 6) is 1.51. The van der Waals surface area contributed by atoms with E-state index in [9.17, 15) is 4.79 Å². The largest absolute Gasteiger partial charge is 0.483 e. The van der Waals surface area contributed by atoms with Crippen molar-refractivity contribution in [3.05, 3.63) is 23.8 Å². The van der Waals surface area contributed by atoms with Crippen LogP contribution >= 0.6 is 0 Å². The molecule has 2 heterocycles. The van der Waals surface area contributed by atoms with Crippen LogP contribution in [0.4, 0.5) is 0 Å². The molecule has 3 aliphatic rings. The van der Waals surface area contributed by atoms with Gasteiger partial charge in [-0.25, -0.2) is 0 Å². The normalized spacial score (nSPS) is 27.2. The highest BCUT2D eigenvalue weighted by molar-refractivity contribution is 5.78. The summed E-state index contributed by atoms with van der Waals surface area (Å²) in [5.41, 5.74) is 0.930. The van der Waals surface area contributed by atoms with E-state index < -0.39 is 0 Å². The molecule has 1 saturated heterocycles. The molecular weight excluding hydrogens is 318 g/mol. The third kappa shape index (κ3) is 3.34. The number of carbonyl (C=O) groups excluding carboxylic acids is 1. The first kappa shape index (κ1) is 16.7. The highest BCUT2D eigenvalue weighted by atomic mass is 16.5. The maximum absolute atomic E-state index is 12.8. The minimum absolute atomic E-state index is 0.0510. The van der Waals surface area contributed by atoms with E-state index in [1.165, 1.54) is 12.8 Å². The molecule has 2 atom stereocenters. The summed E-state index contributed by atoms with van der Waals surface area (Å²) in [6.07, 6.45) is 5.53. The lowest BCUT2D eigenvalue weighted by Crippen LogP contribution is -2.55. The molecule has 1 saturated carbocycles. The summed E-state index contributed by atoms with van der Waals surface area (Å²) in [7, 11) is 0. The molecule has 25 heavy (non-hydrogen) atoms. The summed E-state index contributed by atoms with van der Waals surface area (Å²) < 4.78 is 17.8. The molecule has 136 valence electrons. The second-order valence-electron chi connectivity index (χ2n) is 7.92. The van der Waals surface area contributed by atoms with Crippen molar-refractivity contribution in [1.82, 2.24) is 4.90 Å². The number of para-hydroxylation sites is 1. The van der Waals surface area contributed by atoms with Crippen molar-refractivity contribution in [3.63, 3.8) is 0 Å². The summed E-state index contributed by atoms with van der Waals surface area (Å²) in [6.45, 7) is 5.49. The summed E-state index contributed by atoms with van der Waals surface area (Å²) in [6, 6.07) is 6.13. The fourth-order valence-electron chi connectivity index (χ4n) is 4.33. The topological polar surface area (TPSA) is 48.0 Å². The Hall–Kier alpha value is -1.75. The fourth-order valence-corrected chi connectivity index (χ4v) is 4.33. The second-order valence-corrected chi connectivity index (χ2v) is 7.92. The van der Waals surface area contributed by atoms with Gasteiger partial charge in [0.05, 0.1) is 18.8 Å².